The van der Waals surface area contributed by atoms with Gasteiger partial charge in [0.15, 0.2) is 0 Å². The van der Waals surface area contributed by atoms with Crippen molar-refractivity contribution in [1.29, 1.82) is 0 Å². The number of hydrogen-bond acceptors (Lipinski definition) is 3. The molecule has 29 heavy (non-hydrogen) atoms. The number of carbonyl (C=O) groups is 1. The van der Waals surface area contributed by atoms with E-state index >= 15 is 0 Å². The highest BCUT2D eigenvalue weighted by molar-refractivity contribution is 6.35. The number of amides is 1. The van der Waals surface area contributed by atoms with Gasteiger partial charge in [0.05, 0.1) is 29.3 Å². The Kier molecular flexibility index (Phi) is 6.63. The lowest BCUT2D eigenvalue weighted by Crippen LogP contribution is -2.32. The average molecular weight is 431 g/mol. The normalized spacial score (nSPS) is 12.2. The van der Waals surface area contributed by atoms with Crippen molar-refractivity contribution in [2.24, 2.45) is 0 Å². The number of likely N-dealkylation sites (N-methyl/N-ethyl adjacent to an activating group) is 1. The standard InChI is InChI=1S/C22H24Cl2N4O/c1-14-22(16(3)28(26-14)18-8-6-5-7-9-18)25-21(29)13-27(4)15(2)19-11-10-17(23)12-20(19)24/h5-12,15H,13H2,1-4H3,(H,25,29)/t15-/m0/s1. The van der Waals surface area contributed by atoms with Crippen LogP contribution >= 0.6 is 23.2 Å². The molecule has 1 atom stereocenters. The number of rotatable bonds is 6. The summed E-state index contributed by atoms with van der Waals surface area (Å²) >= 11 is 12.3. The van der Waals surface area contributed by atoms with Gasteiger partial charge in [-0.3, -0.25) is 9.69 Å². The Hall–Kier alpha value is -2.34. The first kappa shape index (κ1) is 21.4. The molecule has 1 aromatic heterocycles. The molecule has 1 N–H and O–H groups in total. The molecule has 1 amide bonds. The van der Waals surface area contributed by atoms with Gasteiger partial charge in [0.1, 0.15) is 0 Å². The highest BCUT2D eigenvalue weighted by Gasteiger charge is 2.20. The van der Waals surface area contributed by atoms with E-state index in [2.05, 4.69) is 10.4 Å². The van der Waals surface area contributed by atoms with Crippen molar-refractivity contribution in [2.75, 3.05) is 18.9 Å². The van der Waals surface area contributed by atoms with Crippen molar-refractivity contribution in [3.05, 3.63) is 75.5 Å². The third kappa shape index (κ3) is 4.81. The SMILES string of the molecule is Cc1nn(-c2ccccc2)c(C)c1NC(=O)CN(C)[C@@H](C)c1ccc(Cl)cc1Cl. The summed E-state index contributed by atoms with van der Waals surface area (Å²) in [7, 11) is 1.89. The molecule has 0 spiro atoms. The van der Waals surface area contributed by atoms with Gasteiger partial charge in [0, 0.05) is 16.1 Å². The van der Waals surface area contributed by atoms with Crippen molar-refractivity contribution in [1.82, 2.24) is 14.7 Å². The Morgan fingerprint density at radius 1 is 1.17 bits per heavy atom. The first-order valence-electron chi connectivity index (χ1n) is 9.34. The number of aromatic nitrogens is 2. The number of nitrogens with zero attached hydrogens (tertiary/aromatic N) is 3. The van der Waals surface area contributed by atoms with Crippen molar-refractivity contribution < 1.29 is 4.79 Å². The summed E-state index contributed by atoms with van der Waals surface area (Å²) in [6, 6.07) is 15.2. The molecule has 0 aliphatic carbocycles. The van der Waals surface area contributed by atoms with Crippen LogP contribution in [0.4, 0.5) is 5.69 Å². The second-order valence-electron chi connectivity index (χ2n) is 7.10. The van der Waals surface area contributed by atoms with Crippen LogP contribution in [0.5, 0.6) is 0 Å². The number of aryl methyl sites for hydroxylation is 1. The van der Waals surface area contributed by atoms with E-state index in [1.807, 2.05) is 73.8 Å². The molecule has 152 valence electrons. The molecule has 0 aliphatic heterocycles. The average Bonchev–Trinajstić information content (AvgIpc) is 2.96. The van der Waals surface area contributed by atoms with Crippen molar-refractivity contribution >= 4 is 34.8 Å². The largest absolute Gasteiger partial charge is 0.322 e. The van der Waals surface area contributed by atoms with Gasteiger partial charge in [0.2, 0.25) is 5.91 Å². The zero-order valence-electron chi connectivity index (χ0n) is 16.9. The summed E-state index contributed by atoms with van der Waals surface area (Å²) in [5.41, 5.74) is 4.28. The zero-order chi connectivity index (χ0) is 21.1. The van der Waals surface area contributed by atoms with Gasteiger partial charge in [-0.15, -0.1) is 0 Å². The second kappa shape index (κ2) is 8.99. The van der Waals surface area contributed by atoms with Gasteiger partial charge in [-0.2, -0.15) is 5.10 Å². The van der Waals surface area contributed by atoms with Crippen LogP contribution in [-0.4, -0.2) is 34.2 Å². The first-order chi connectivity index (χ1) is 13.8. The molecule has 7 heteroatoms. The highest BCUT2D eigenvalue weighted by atomic mass is 35.5. The Morgan fingerprint density at radius 2 is 1.86 bits per heavy atom. The number of benzene rings is 2. The maximum absolute atomic E-state index is 12.7. The van der Waals surface area contributed by atoms with Crippen LogP contribution in [-0.2, 0) is 4.79 Å². The molecule has 2 aromatic carbocycles. The van der Waals surface area contributed by atoms with E-state index in [0.717, 1.165) is 28.3 Å². The van der Waals surface area contributed by atoms with Crippen LogP contribution in [0.25, 0.3) is 5.69 Å². The second-order valence-corrected chi connectivity index (χ2v) is 7.94. The fourth-order valence-electron chi connectivity index (χ4n) is 3.26. The minimum atomic E-state index is -0.108. The summed E-state index contributed by atoms with van der Waals surface area (Å²) in [4.78, 5) is 14.6. The first-order valence-corrected chi connectivity index (χ1v) is 10.1. The summed E-state index contributed by atoms with van der Waals surface area (Å²) < 4.78 is 1.84. The Balaban J connectivity index is 1.71. The minimum absolute atomic E-state index is 0.0419. The molecule has 3 aromatic rings. The Morgan fingerprint density at radius 3 is 2.52 bits per heavy atom. The third-order valence-electron chi connectivity index (χ3n) is 5.02. The monoisotopic (exact) mass is 430 g/mol. The molecule has 0 radical (unpaired) electrons. The maximum Gasteiger partial charge on any atom is 0.238 e. The van der Waals surface area contributed by atoms with E-state index in [4.69, 9.17) is 23.2 Å². The van der Waals surface area contributed by atoms with E-state index in [0.29, 0.717) is 10.0 Å². The lowest BCUT2D eigenvalue weighted by Gasteiger charge is -2.25. The molecule has 3 rings (SSSR count). The highest BCUT2D eigenvalue weighted by Crippen LogP contribution is 2.29. The fraction of sp³-hybridized carbons (Fsp3) is 0.273. The number of nitrogens with one attached hydrogen (secondary N) is 1. The summed E-state index contributed by atoms with van der Waals surface area (Å²) in [5.74, 6) is -0.108. The lowest BCUT2D eigenvalue weighted by molar-refractivity contribution is -0.117. The molecule has 0 unspecified atom stereocenters. The van der Waals surface area contributed by atoms with Crippen molar-refractivity contribution in [2.45, 2.75) is 26.8 Å². The quantitative estimate of drug-likeness (QED) is 0.567. The van der Waals surface area contributed by atoms with Crippen LogP contribution in [0.3, 0.4) is 0 Å². The van der Waals surface area contributed by atoms with E-state index in [-0.39, 0.29) is 18.5 Å². The number of carbonyl (C=O) groups excluding carboxylic acids is 1. The number of para-hydroxylation sites is 1. The van der Waals surface area contributed by atoms with E-state index < -0.39 is 0 Å². The van der Waals surface area contributed by atoms with Gasteiger partial charge in [0.25, 0.3) is 0 Å². The van der Waals surface area contributed by atoms with Crippen molar-refractivity contribution in [3.63, 3.8) is 0 Å². The Labute approximate surface area is 181 Å². The summed E-state index contributed by atoms with van der Waals surface area (Å²) in [6.07, 6.45) is 0. The number of halogens is 2. The van der Waals surface area contributed by atoms with Crippen LogP contribution in [0, 0.1) is 13.8 Å². The van der Waals surface area contributed by atoms with Gasteiger partial charge in [-0.1, -0.05) is 47.5 Å². The van der Waals surface area contributed by atoms with Crippen LogP contribution < -0.4 is 5.32 Å². The van der Waals surface area contributed by atoms with Gasteiger partial charge >= 0.3 is 0 Å². The molecular weight excluding hydrogens is 407 g/mol. The number of hydrogen-bond donors (Lipinski definition) is 1. The predicted octanol–water partition coefficient (Wildman–Crippen LogP) is 5.43. The lowest BCUT2D eigenvalue weighted by atomic mass is 10.1. The molecule has 0 fully saturated rings. The molecule has 0 aliphatic rings. The molecule has 1 heterocycles. The smallest absolute Gasteiger partial charge is 0.238 e. The molecule has 5 nitrogen and oxygen atoms in total. The topological polar surface area (TPSA) is 50.2 Å². The fourth-order valence-corrected chi connectivity index (χ4v) is 3.83. The van der Waals surface area contributed by atoms with Gasteiger partial charge in [-0.25, -0.2) is 4.68 Å². The van der Waals surface area contributed by atoms with Crippen molar-refractivity contribution in [3.8, 4) is 5.69 Å². The number of anilines is 1. The summed E-state index contributed by atoms with van der Waals surface area (Å²) in [6.45, 7) is 6.06. The summed E-state index contributed by atoms with van der Waals surface area (Å²) in [5, 5.41) is 8.77. The van der Waals surface area contributed by atoms with E-state index in [1.54, 1.807) is 12.1 Å². The predicted molar refractivity (Wildman–Crippen MR) is 119 cm³/mol. The maximum atomic E-state index is 12.7. The zero-order valence-corrected chi connectivity index (χ0v) is 18.4. The third-order valence-corrected chi connectivity index (χ3v) is 5.59. The van der Waals surface area contributed by atoms with E-state index in [9.17, 15) is 4.79 Å². The van der Waals surface area contributed by atoms with E-state index in [1.165, 1.54) is 0 Å². The minimum Gasteiger partial charge on any atom is -0.322 e. The molecule has 0 bridgehead atoms. The van der Waals surface area contributed by atoms with Gasteiger partial charge in [-0.05, 0) is 57.6 Å². The molecular formula is C22H24Cl2N4O. The van der Waals surface area contributed by atoms with Gasteiger partial charge < -0.3 is 5.32 Å². The van der Waals surface area contributed by atoms with Crippen LogP contribution in [0.2, 0.25) is 10.0 Å². The molecule has 0 saturated carbocycles. The Bertz CT molecular complexity index is 1020. The van der Waals surface area contributed by atoms with Crippen LogP contribution in [0.15, 0.2) is 48.5 Å². The molecule has 0 saturated heterocycles. The van der Waals surface area contributed by atoms with Crippen LogP contribution in [0.1, 0.15) is 29.9 Å².